The summed E-state index contributed by atoms with van der Waals surface area (Å²) in [7, 11) is 0. The van der Waals surface area contributed by atoms with Crippen molar-refractivity contribution in [2.24, 2.45) is 11.8 Å². The lowest BCUT2D eigenvalue weighted by Crippen LogP contribution is -2.41. The molecule has 1 N–H and O–H groups in total. The minimum Gasteiger partial charge on any atom is -0.469 e. The SMILES string of the molecule is Cc1occc1C(=O)NC[C@H]1CCN(CC2CCN(C(C)C)CC2)C1. The minimum absolute atomic E-state index is 0.00856. The Morgan fingerprint density at radius 3 is 2.60 bits per heavy atom. The molecule has 2 fully saturated rings. The molecule has 5 heteroatoms. The van der Waals surface area contributed by atoms with Crippen LogP contribution in [0.2, 0.25) is 0 Å². The topological polar surface area (TPSA) is 48.7 Å². The third-order valence-electron chi connectivity index (χ3n) is 5.92. The number of hydrogen-bond donors (Lipinski definition) is 1. The van der Waals surface area contributed by atoms with Crippen LogP contribution in [0.15, 0.2) is 16.7 Å². The van der Waals surface area contributed by atoms with Gasteiger partial charge in [0.1, 0.15) is 5.76 Å². The molecule has 0 spiro atoms. The van der Waals surface area contributed by atoms with Crippen LogP contribution in [0.5, 0.6) is 0 Å². The Morgan fingerprint density at radius 1 is 1.24 bits per heavy atom. The molecule has 3 heterocycles. The third kappa shape index (κ3) is 4.85. The molecule has 1 aromatic rings. The van der Waals surface area contributed by atoms with Crippen LogP contribution in [-0.4, -0.2) is 61.0 Å². The molecular formula is C20H33N3O2. The molecule has 0 unspecified atom stereocenters. The van der Waals surface area contributed by atoms with E-state index in [0.29, 0.717) is 23.3 Å². The second kappa shape index (κ2) is 8.37. The van der Waals surface area contributed by atoms with E-state index in [1.165, 1.54) is 45.4 Å². The summed E-state index contributed by atoms with van der Waals surface area (Å²) >= 11 is 0. The quantitative estimate of drug-likeness (QED) is 0.860. The highest BCUT2D eigenvalue weighted by Crippen LogP contribution is 2.23. The highest BCUT2D eigenvalue weighted by molar-refractivity contribution is 5.95. The van der Waals surface area contributed by atoms with E-state index in [0.717, 1.165) is 19.0 Å². The Hall–Kier alpha value is -1.33. The predicted octanol–water partition coefficient (Wildman–Crippen LogP) is 2.76. The maximum atomic E-state index is 12.2. The summed E-state index contributed by atoms with van der Waals surface area (Å²) in [5.41, 5.74) is 0.659. The van der Waals surface area contributed by atoms with Crippen molar-refractivity contribution < 1.29 is 9.21 Å². The minimum atomic E-state index is -0.00856. The molecule has 25 heavy (non-hydrogen) atoms. The van der Waals surface area contributed by atoms with Crippen molar-refractivity contribution in [2.75, 3.05) is 39.3 Å². The number of nitrogens with one attached hydrogen (secondary N) is 1. The van der Waals surface area contributed by atoms with Gasteiger partial charge >= 0.3 is 0 Å². The highest BCUT2D eigenvalue weighted by Gasteiger charge is 2.27. The zero-order valence-corrected chi connectivity index (χ0v) is 16.0. The van der Waals surface area contributed by atoms with Crippen molar-refractivity contribution in [1.82, 2.24) is 15.1 Å². The standard InChI is InChI=1S/C20H33N3O2/c1-15(2)23-9-5-17(6-10-23)13-22-8-4-18(14-22)12-21-20(24)19-7-11-25-16(19)3/h7,11,15,17-18H,4-6,8-10,12-14H2,1-3H3,(H,21,24)/t18-/m1/s1. The highest BCUT2D eigenvalue weighted by atomic mass is 16.3. The number of carbonyl (C=O) groups is 1. The van der Waals surface area contributed by atoms with Gasteiger partial charge in [-0.2, -0.15) is 0 Å². The van der Waals surface area contributed by atoms with E-state index in [9.17, 15) is 4.79 Å². The summed E-state index contributed by atoms with van der Waals surface area (Å²) < 4.78 is 5.21. The van der Waals surface area contributed by atoms with Crippen molar-refractivity contribution in [3.63, 3.8) is 0 Å². The number of piperidine rings is 1. The van der Waals surface area contributed by atoms with Crippen LogP contribution in [0.3, 0.4) is 0 Å². The first-order chi connectivity index (χ1) is 12.0. The number of carbonyl (C=O) groups excluding carboxylic acids is 1. The Morgan fingerprint density at radius 2 is 1.96 bits per heavy atom. The van der Waals surface area contributed by atoms with Gasteiger partial charge in [0.05, 0.1) is 11.8 Å². The molecular weight excluding hydrogens is 314 g/mol. The van der Waals surface area contributed by atoms with Crippen molar-refractivity contribution in [2.45, 2.75) is 46.1 Å². The molecule has 0 aromatic carbocycles. The fourth-order valence-corrected chi connectivity index (χ4v) is 4.22. The first-order valence-corrected chi connectivity index (χ1v) is 9.81. The Labute approximate surface area is 151 Å². The maximum Gasteiger partial charge on any atom is 0.254 e. The van der Waals surface area contributed by atoms with Gasteiger partial charge in [-0.25, -0.2) is 0 Å². The average Bonchev–Trinajstić information content (AvgIpc) is 3.22. The van der Waals surface area contributed by atoms with Crippen molar-refractivity contribution in [3.05, 3.63) is 23.7 Å². The smallest absolute Gasteiger partial charge is 0.254 e. The first-order valence-electron chi connectivity index (χ1n) is 9.81. The lowest BCUT2D eigenvalue weighted by Gasteiger charge is -2.36. The third-order valence-corrected chi connectivity index (χ3v) is 5.92. The summed E-state index contributed by atoms with van der Waals surface area (Å²) in [5.74, 6) is 2.10. The van der Waals surface area contributed by atoms with Gasteiger partial charge in [0.25, 0.3) is 5.91 Å². The molecule has 0 radical (unpaired) electrons. The summed E-state index contributed by atoms with van der Waals surface area (Å²) in [6, 6.07) is 2.43. The van der Waals surface area contributed by atoms with Crippen LogP contribution in [0.4, 0.5) is 0 Å². The first kappa shape index (κ1) is 18.5. The van der Waals surface area contributed by atoms with E-state index in [-0.39, 0.29) is 5.91 Å². The molecule has 1 aromatic heterocycles. The molecule has 140 valence electrons. The van der Waals surface area contributed by atoms with E-state index < -0.39 is 0 Å². The Kier molecular flexibility index (Phi) is 6.18. The predicted molar refractivity (Wildman–Crippen MR) is 99.8 cm³/mol. The Bertz CT molecular complexity index is 561. The van der Waals surface area contributed by atoms with E-state index in [4.69, 9.17) is 4.42 Å². The number of furan rings is 1. The molecule has 0 aliphatic carbocycles. The molecule has 2 saturated heterocycles. The number of rotatable bonds is 6. The number of amides is 1. The normalized spacial score (nSPS) is 23.4. The van der Waals surface area contributed by atoms with Crippen LogP contribution < -0.4 is 5.32 Å². The maximum absolute atomic E-state index is 12.2. The monoisotopic (exact) mass is 347 g/mol. The van der Waals surface area contributed by atoms with Crippen LogP contribution in [0.1, 0.15) is 49.2 Å². The second-order valence-electron chi connectivity index (χ2n) is 8.09. The molecule has 3 rings (SSSR count). The van der Waals surface area contributed by atoms with Gasteiger partial charge in [0.2, 0.25) is 0 Å². The number of aryl methyl sites for hydroxylation is 1. The lowest BCUT2D eigenvalue weighted by atomic mass is 9.95. The fraction of sp³-hybridized carbons (Fsp3) is 0.750. The number of likely N-dealkylation sites (tertiary alicyclic amines) is 2. The Balaban J connectivity index is 1.36. The van der Waals surface area contributed by atoms with Crippen LogP contribution in [0.25, 0.3) is 0 Å². The summed E-state index contributed by atoms with van der Waals surface area (Å²) in [6.45, 7) is 13.2. The van der Waals surface area contributed by atoms with Gasteiger partial charge in [-0.15, -0.1) is 0 Å². The summed E-state index contributed by atoms with van der Waals surface area (Å²) in [4.78, 5) is 17.4. The summed E-state index contributed by atoms with van der Waals surface area (Å²) in [6.07, 6.45) is 5.42. The van der Waals surface area contributed by atoms with E-state index in [1.54, 1.807) is 12.3 Å². The van der Waals surface area contributed by atoms with Gasteiger partial charge in [0, 0.05) is 25.7 Å². The van der Waals surface area contributed by atoms with Gasteiger partial charge in [-0.05, 0) is 77.6 Å². The number of nitrogens with zero attached hydrogens (tertiary/aromatic N) is 2. The van der Waals surface area contributed by atoms with Gasteiger partial charge < -0.3 is 19.5 Å². The molecule has 1 atom stereocenters. The van der Waals surface area contributed by atoms with Crippen LogP contribution in [0, 0.1) is 18.8 Å². The van der Waals surface area contributed by atoms with E-state index in [2.05, 4.69) is 29.0 Å². The van der Waals surface area contributed by atoms with Gasteiger partial charge in [-0.1, -0.05) is 0 Å². The van der Waals surface area contributed by atoms with Crippen molar-refractivity contribution in [3.8, 4) is 0 Å². The number of hydrogen-bond acceptors (Lipinski definition) is 4. The van der Waals surface area contributed by atoms with E-state index >= 15 is 0 Å². The zero-order chi connectivity index (χ0) is 17.8. The molecule has 0 saturated carbocycles. The molecule has 1 amide bonds. The zero-order valence-electron chi connectivity index (χ0n) is 16.0. The fourth-order valence-electron chi connectivity index (χ4n) is 4.22. The largest absolute Gasteiger partial charge is 0.469 e. The molecule has 5 nitrogen and oxygen atoms in total. The lowest BCUT2D eigenvalue weighted by molar-refractivity contribution is 0.0944. The molecule has 0 bridgehead atoms. The average molecular weight is 348 g/mol. The van der Waals surface area contributed by atoms with Crippen LogP contribution in [-0.2, 0) is 0 Å². The van der Waals surface area contributed by atoms with Gasteiger partial charge in [0.15, 0.2) is 0 Å². The van der Waals surface area contributed by atoms with Gasteiger partial charge in [-0.3, -0.25) is 4.79 Å². The van der Waals surface area contributed by atoms with Crippen LogP contribution >= 0.6 is 0 Å². The molecule has 2 aliphatic rings. The molecule has 2 aliphatic heterocycles. The van der Waals surface area contributed by atoms with E-state index in [1.807, 2.05) is 6.92 Å². The van der Waals surface area contributed by atoms with Crippen molar-refractivity contribution in [1.29, 1.82) is 0 Å². The second-order valence-corrected chi connectivity index (χ2v) is 8.09. The summed E-state index contributed by atoms with van der Waals surface area (Å²) in [5, 5.41) is 3.08. The van der Waals surface area contributed by atoms with Crippen molar-refractivity contribution >= 4 is 5.91 Å².